The molecule has 0 atom stereocenters. The number of aromatic nitrogens is 3. The van der Waals surface area contributed by atoms with Gasteiger partial charge in [0, 0.05) is 57.2 Å². The number of carbonyl (C=O) groups excluding carboxylic acids is 1. The van der Waals surface area contributed by atoms with Crippen molar-refractivity contribution in [3.63, 3.8) is 0 Å². The lowest BCUT2D eigenvalue weighted by atomic mass is 10.2. The summed E-state index contributed by atoms with van der Waals surface area (Å²) in [7, 11) is 3.86. The molecule has 0 unspecified atom stereocenters. The van der Waals surface area contributed by atoms with E-state index in [4.69, 9.17) is 4.74 Å². The van der Waals surface area contributed by atoms with Crippen molar-refractivity contribution in [3.8, 4) is 11.5 Å². The van der Waals surface area contributed by atoms with E-state index in [0.717, 1.165) is 43.8 Å². The average molecular weight is 539 g/mol. The quantitative estimate of drug-likeness (QED) is 0.343. The van der Waals surface area contributed by atoms with Crippen LogP contribution in [0.5, 0.6) is 11.5 Å². The number of anilines is 2. The van der Waals surface area contributed by atoms with Crippen LogP contribution in [0.3, 0.4) is 0 Å². The van der Waals surface area contributed by atoms with E-state index in [1.165, 1.54) is 6.07 Å². The number of fused-ring (bicyclic) bond motifs is 1. The van der Waals surface area contributed by atoms with Crippen molar-refractivity contribution < 1.29 is 22.7 Å². The second-order valence-corrected chi connectivity index (χ2v) is 9.73. The average Bonchev–Trinajstić information content (AvgIpc) is 3.19. The summed E-state index contributed by atoms with van der Waals surface area (Å²) in [6.07, 6.45) is -2.58. The highest BCUT2D eigenvalue weighted by molar-refractivity contribution is 5.83. The maximum absolute atomic E-state index is 13.1. The van der Waals surface area contributed by atoms with Crippen LogP contribution in [-0.4, -0.2) is 69.9 Å². The first-order valence-corrected chi connectivity index (χ1v) is 12.6. The molecule has 5 rings (SSSR count). The number of nitrogens with zero attached hydrogens (tertiary/aromatic N) is 5. The van der Waals surface area contributed by atoms with E-state index in [1.54, 1.807) is 48.1 Å². The summed E-state index contributed by atoms with van der Waals surface area (Å²) < 4.78 is 47.0. The number of rotatable bonds is 8. The summed E-state index contributed by atoms with van der Waals surface area (Å²) >= 11 is 0. The van der Waals surface area contributed by atoms with Gasteiger partial charge >= 0.3 is 6.18 Å². The van der Waals surface area contributed by atoms with Crippen molar-refractivity contribution in [2.24, 2.45) is 7.05 Å². The Hall–Kier alpha value is -3.96. The number of likely N-dealkylation sites (N-methyl/N-ethyl adjacent to an activating group) is 1. The van der Waals surface area contributed by atoms with Crippen LogP contribution in [0.1, 0.15) is 11.3 Å². The van der Waals surface area contributed by atoms with Crippen LogP contribution in [0.15, 0.2) is 60.8 Å². The Morgan fingerprint density at radius 3 is 2.54 bits per heavy atom. The molecule has 0 amide bonds. The van der Waals surface area contributed by atoms with Crippen molar-refractivity contribution in [1.29, 1.82) is 0 Å². The summed E-state index contributed by atoms with van der Waals surface area (Å²) in [5.74, 6) is 1.59. The lowest BCUT2D eigenvalue weighted by Crippen LogP contribution is -2.46. The second kappa shape index (κ2) is 11.0. The number of piperazine rings is 1. The molecule has 8 nitrogen and oxygen atoms in total. The van der Waals surface area contributed by atoms with Crippen LogP contribution >= 0.6 is 0 Å². The smallest absolute Gasteiger partial charge is 0.416 e. The van der Waals surface area contributed by atoms with Gasteiger partial charge in [-0.1, -0.05) is 6.07 Å². The highest BCUT2D eigenvalue weighted by atomic mass is 19.4. The normalized spacial score (nSPS) is 15.0. The minimum Gasteiger partial charge on any atom is -0.457 e. The van der Waals surface area contributed by atoms with E-state index >= 15 is 0 Å². The number of hydrogen-bond donors (Lipinski definition) is 1. The molecule has 1 saturated heterocycles. The van der Waals surface area contributed by atoms with Gasteiger partial charge in [0.2, 0.25) is 5.95 Å². The lowest BCUT2D eigenvalue weighted by molar-refractivity contribution is -0.137. The van der Waals surface area contributed by atoms with Crippen LogP contribution < -0.4 is 10.1 Å². The van der Waals surface area contributed by atoms with Crippen LogP contribution in [0, 0.1) is 0 Å². The molecule has 39 heavy (non-hydrogen) atoms. The first-order valence-electron chi connectivity index (χ1n) is 12.6. The molecule has 1 aliphatic heterocycles. The van der Waals surface area contributed by atoms with Gasteiger partial charge < -0.3 is 19.5 Å². The van der Waals surface area contributed by atoms with Gasteiger partial charge in [-0.05, 0) is 43.4 Å². The van der Waals surface area contributed by atoms with E-state index < -0.39 is 11.7 Å². The third-order valence-electron chi connectivity index (χ3n) is 6.70. The number of pyridine rings is 1. The van der Waals surface area contributed by atoms with E-state index in [2.05, 4.69) is 32.1 Å². The van der Waals surface area contributed by atoms with Gasteiger partial charge in [0.05, 0.1) is 35.3 Å². The van der Waals surface area contributed by atoms with Crippen molar-refractivity contribution in [2.75, 3.05) is 45.1 Å². The molecule has 1 fully saturated rings. The fourth-order valence-corrected chi connectivity index (χ4v) is 4.52. The Kier molecular flexibility index (Phi) is 7.53. The number of alkyl halides is 3. The molecule has 0 aliphatic carbocycles. The molecule has 4 aromatic rings. The highest BCUT2D eigenvalue weighted by Crippen LogP contribution is 2.32. The Morgan fingerprint density at radius 1 is 1.00 bits per heavy atom. The van der Waals surface area contributed by atoms with Gasteiger partial charge in [0.25, 0.3) is 0 Å². The zero-order chi connectivity index (χ0) is 27.6. The maximum atomic E-state index is 13.1. The SMILES string of the molecule is CN1CCN(CC(=O)Cc2cc(Oc3ccc4c(c3)nc(Nc3cccc(C(F)(F)F)c3)n4C)ccn2)CC1. The van der Waals surface area contributed by atoms with Crippen molar-refractivity contribution >= 4 is 28.5 Å². The minimum atomic E-state index is -4.43. The summed E-state index contributed by atoms with van der Waals surface area (Å²) in [5.41, 5.74) is 1.58. The fourth-order valence-electron chi connectivity index (χ4n) is 4.52. The molecule has 2 aromatic carbocycles. The van der Waals surface area contributed by atoms with Crippen LogP contribution in [0.2, 0.25) is 0 Å². The molecule has 1 aliphatic rings. The number of nitrogens with one attached hydrogen (secondary N) is 1. The van der Waals surface area contributed by atoms with Crippen LogP contribution in [-0.2, 0) is 24.4 Å². The molecular weight excluding hydrogens is 509 g/mol. The van der Waals surface area contributed by atoms with E-state index in [-0.39, 0.29) is 17.9 Å². The molecule has 0 bridgehead atoms. The number of hydrogen-bond acceptors (Lipinski definition) is 7. The monoisotopic (exact) mass is 538 g/mol. The number of aryl methyl sites for hydroxylation is 1. The van der Waals surface area contributed by atoms with Crippen molar-refractivity contribution in [1.82, 2.24) is 24.3 Å². The van der Waals surface area contributed by atoms with Crippen LogP contribution in [0.25, 0.3) is 11.0 Å². The van der Waals surface area contributed by atoms with Gasteiger partial charge in [0.15, 0.2) is 5.78 Å². The third-order valence-corrected chi connectivity index (χ3v) is 6.70. The lowest BCUT2D eigenvalue weighted by Gasteiger charge is -2.31. The fraction of sp³-hybridized carbons (Fsp3) is 0.321. The largest absolute Gasteiger partial charge is 0.457 e. The van der Waals surface area contributed by atoms with Gasteiger partial charge in [-0.15, -0.1) is 0 Å². The molecule has 0 spiro atoms. The summed E-state index contributed by atoms with van der Waals surface area (Å²) in [5, 5.41) is 2.97. The Morgan fingerprint density at radius 2 is 1.77 bits per heavy atom. The van der Waals surface area contributed by atoms with E-state index in [9.17, 15) is 18.0 Å². The number of benzene rings is 2. The van der Waals surface area contributed by atoms with Crippen molar-refractivity contribution in [3.05, 3.63) is 72.1 Å². The molecule has 204 valence electrons. The maximum Gasteiger partial charge on any atom is 0.416 e. The van der Waals surface area contributed by atoms with Gasteiger partial charge in [-0.25, -0.2) is 4.98 Å². The topological polar surface area (TPSA) is 75.5 Å². The Balaban J connectivity index is 1.26. The number of halogens is 3. The Bertz CT molecular complexity index is 1480. The number of ether oxygens (including phenoxy) is 1. The Labute approximate surface area is 224 Å². The first-order chi connectivity index (χ1) is 18.6. The zero-order valence-electron chi connectivity index (χ0n) is 21.7. The molecular formula is C28H29F3N6O2. The molecule has 1 N–H and O–H groups in total. The summed E-state index contributed by atoms with van der Waals surface area (Å²) in [6, 6.07) is 13.8. The minimum absolute atomic E-state index is 0.111. The molecule has 3 heterocycles. The number of Topliss-reactive ketones (excluding diaryl/α,β-unsaturated/α-hetero) is 1. The van der Waals surface area contributed by atoms with E-state index in [0.29, 0.717) is 35.2 Å². The first kappa shape index (κ1) is 26.6. The number of ketones is 1. The van der Waals surface area contributed by atoms with Gasteiger partial charge in [-0.2, -0.15) is 13.2 Å². The molecule has 0 radical (unpaired) electrons. The van der Waals surface area contributed by atoms with E-state index in [1.807, 2.05) is 6.07 Å². The van der Waals surface area contributed by atoms with Crippen molar-refractivity contribution in [2.45, 2.75) is 12.6 Å². The summed E-state index contributed by atoms with van der Waals surface area (Å²) in [4.78, 5) is 25.9. The molecule has 0 saturated carbocycles. The predicted molar refractivity (Wildman–Crippen MR) is 142 cm³/mol. The second-order valence-electron chi connectivity index (χ2n) is 9.73. The highest BCUT2D eigenvalue weighted by Gasteiger charge is 2.30. The molecule has 11 heteroatoms. The standard InChI is InChI=1S/C28H29F3N6O2/c1-35-10-12-37(13-11-35)18-22(38)15-21-16-24(8-9-32-21)39-23-6-7-26-25(17-23)34-27(36(26)2)33-20-5-3-4-19(14-20)28(29,30)31/h3-9,14,16-17H,10-13,15,18H2,1-2H3,(H,33,34). The zero-order valence-corrected chi connectivity index (χ0v) is 21.7. The molecule has 2 aromatic heterocycles. The number of imidazole rings is 1. The van der Waals surface area contributed by atoms with Gasteiger partial charge in [0.1, 0.15) is 11.5 Å². The predicted octanol–water partition coefficient (Wildman–Crippen LogP) is 4.88. The van der Waals surface area contributed by atoms with Crippen LogP contribution in [0.4, 0.5) is 24.8 Å². The summed E-state index contributed by atoms with van der Waals surface area (Å²) in [6.45, 7) is 4.09. The number of carbonyl (C=O) groups is 1. The van der Waals surface area contributed by atoms with Gasteiger partial charge in [-0.3, -0.25) is 14.7 Å². The third kappa shape index (κ3) is 6.55.